The minimum atomic E-state index is -3.89. The molecule has 0 spiro atoms. The van der Waals surface area contributed by atoms with Gasteiger partial charge in [-0.25, -0.2) is 13.2 Å². The zero-order valence-corrected chi connectivity index (χ0v) is 19.5. The largest absolute Gasteiger partial charge is 0.460 e. The third-order valence-electron chi connectivity index (χ3n) is 5.98. The quantitative estimate of drug-likeness (QED) is 0.229. The normalized spacial score (nSPS) is 16.8. The first-order chi connectivity index (χ1) is 16.3. The average Bonchev–Trinajstić information content (AvgIpc) is 3.33. The highest BCUT2D eigenvalue weighted by Gasteiger charge is 2.40. The van der Waals surface area contributed by atoms with Crippen LogP contribution < -0.4 is 5.63 Å². The topological polar surface area (TPSA) is 93.9 Å². The molecule has 34 heavy (non-hydrogen) atoms. The number of carbonyl (C=O) groups is 1. The summed E-state index contributed by atoms with van der Waals surface area (Å²) in [5, 5.41) is 2.92. The van der Waals surface area contributed by atoms with E-state index >= 15 is 0 Å². The Labute approximate surface area is 200 Å². The fourth-order valence-electron chi connectivity index (χ4n) is 4.38. The molecule has 1 fully saturated rings. The highest BCUT2D eigenvalue weighted by Crippen LogP contribution is 2.30. The SMILES string of the molecule is O=C(OCc1cc(=O)oc2ccc3ccccc3c12)[C@H]1CCCN1S(=O)(=O)c1ccc(Cl)cc1. The first kappa shape index (κ1) is 22.6. The molecule has 3 aromatic carbocycles. The van der Waals surface area contributed by atoms with Crippen molar-refractivity contribution >= 4 is 49.3 Å². The van der Waals surface area contributed by atoms with E-state index in [1.54, 1.807) is 6.07 Å². The molecule has 7 nitrogen and oxygen atoms in total. The number of esters is 1. The summed E-state index contributed by atoms with van der Waals surface area (Å²) in [4.78, 5) is 25.2. The summed E-state index contributed by atoms with van der Waals surface area (Å²) in [6.07, 6.45) is 0.890. The molecule has 2 heterocycles. The summed E-state index contributed by atoms with van der Waals surface area (Å²) in [5.74, 6) is -0.656. The van der Waals surface area contributed by atoms with Gasteiger partial charge in [-0.05, 0) is 53.9 Å². The maximum absolute atomic E-state index is 13.1. The molecular weight excluding hydrogens is 478 g/mol. The lowest BCUT2D eigenvalue weighted by molar-refractivity contribution is -0.148. The first-order valence-electron chi connectivity index (χ1n) is 10.7. The molecule has 0 radical (unpaired) electrons. The number of fused-ring (bicyclic) bond motifs is 3. The van der Waals surface area contributed by atoms with Crippen LogP contribution in [0.1, 0.15) is 18.4 Å². The fraction of sp³-hybridized carbons (Fsp3) is 0.200. The predicted molar refractivity (Wildman–Crippen MR) is 128 cm³/mol. The van der Waals surface area contributed by atoms with Crippen molar-refractivity contribution in [2.24, 2.45) is 0 Å². The fourth-order valence-corrected chi connectivity index (χ4v) is 6.16. The predicted octanol–water partition coefficient (Wildman–Crippen LogP) is 4.50. The van der Waals surface area contributed by atoms with Gasteiger partial charge in [0, 0.05) is 28.6 Å². The molecule has 0 aliphatic carbocycles. The molecule has 0 saturated carbocycles. The monoisotopic (exact) mass is 497 g/mol. The van der Waals surface area contributed by atoms with Crippen LogP contribution in [0.25, 0.3) is 21.7 Å². The van der Waals surface area contributed by atoms with Crippen molar-refractivity contribution in [3.05, 3.63) is 87.7 Å². The Kier molecular flexibility index (Phi) is 5.89. The van der Waals surface area contributed by atoms with Crippen molar-refractivity contribution in [2.45, 2.75) is 30.4 Å². The summed E-state index contributed by atoms with van der Waals surface area (Å²) in [6, 6.07) is 17.4. The summed E-state index contributed by atoms with van der Waals surface area (Å²) in [5.41, 5.74) is 0.341. The molecule has 9 heteroatoms. The zero-order valence-electron chi connectivity index (χ0n) is 17.9. The van der Waals surface area contributed by atoms with E-state index in [0.717, 1.165) is 10.8 Å². The van der Waals surface area contributed by atoms with Crippen LogP contribution in [0, 0.1) is 0 Å². The minimum absolute atomic E-state index is 0.0646. The van der Waals surface area contributed by atoms with Gasteiger partial charge < -0.3 is 9.15 Å². The minimum Gasteiger partial charge on any atom is -0.460 e. The van der Waals surface area contributed by atoms with Crippen LogP contribution in [0.4, 0.5) is 0 Å². The van der Waals surface area contributed by atoms with E-state index in [1.165, 1.54) is 34.6 Å². The van der Waals surface area contributed by atoms with Gasteiger partial charge in [-0.3, -0.25) is 4.79 Å². The second-order valence-corrected chi connectivity index (χ2v) is 10.4. The highest BCUT2D eigenvalue weighted by molar-refractivity contribution is 7.89. The molecule has 0 bridgehead atoms. The molecule has 1 saturated heterocycles. The lowest BCUT2D eigenvalue weighted by Crippen LogP contribution is -2.41. The van der Waals surface area contributed by atoms with Gasteiger partial charge in [-0.2, -0.15) is 4.31 Å². The van der Waals surface area contributed by atoms with Gasteiger partial charge in [0.25, 0.3) is 0 Å². The molecule has 4 aromatic rings. The lowest BCUT2D eigenvalue weighted by Gasteiger charge is -2.23. The van der Waals surface area contributed by atoms with E-state index in [4.69, 9.17) is 20.8 Å². The molecule has 1 aliphatic heterocycles. The highest BCUT2D eigenvalue weighted by atomic mass is 35.5. The number of carbonyl (C=O) groups excluding carboxylic acids is 1. The van der Waals surface area contributed by atoms with Crippen molar-refractivity contribution < 1.29 is 22.4 Å². The molecule has 0 N–H and O–H groups in total. The van der Waals surface area contributed by atoms with E-state index in [0.29, 0.717) is 34.4 Å². The molecule has 0 amide bonds. The Morgan fingerprint density at radius 3 is 2.65 bits per heavy atom. The summed E-state index contributed by atoms with van der Waals surface area (Å²) in [6.45, 7) is 0.0352. The van der Waals surface area contributed by atoms with E-state index < -0.39 is 27.7 Å². The maximum Gasteiger partial charge on any atom is 0.336 e. The molecule has 1 atom stereocenters. The molecule has 174 valence electrons. The van der Waals surface area contributed by atoms with Crippen LogP contribution in [-0.2, 0) is 26.2 Å². The number of ether oxygens (including phenoxy) is 1. The standard InChI is InChI=1S/C25H20ClNO6S/c26-18-8-10-19(11-9-18)34(30,31)27-13-3-6-21(27)25(29)32-15-17-14-23(28)33-22-12-7-16-4-1-2-5-20(16)24(17)22/h1-2,4-5,7-12,14,21H,3,6,13,15H2/t21-/m1/s1. The lowest BCUT2D eigenvalue weighted by atomic mass is 10.0. The van der Waals surface area contributed by atoms with Gasteiger partial charge in [0.1, 0.15) is 18.2 Å². The number of hydrogen-bond acceptors (Lipinski definition) is 6. The smallest absolute Gasteiger partial charge is 0.336 e. The first-order valence-corrected chi connectivity index (χ1v) is 12.5. The number of halogens is 1. The Morgan fingerprint density at radius 1 is 1.09 bits per heavy atom. The van der Waals surface area contributed by atoms with Gasteiger partial charge in [0.05, 0.1) is 4.90 Å². The van der Waals surface area contributed by atoms with Crippen molar-refractivity contribution in [2.75, 3.05) is 6.54 Å². The molecule has 1 aromatic heterocycles. The third-order valence-corrected chi connectivity index (χ3v) is 8.15. The zero-order chi connectivity index (χ0) is 23.9. The number of rotatable bonds is 5. The van der Waals surface area contributed by atoms with Crippen LogP contribution in [-0.4, -0.2) is 31.3 Å². The van der Waals surface area contributed by atoms with Crippen molar-refractivity contribution in [3.63, 3.8) is 0 Å². The Bertz CT molecular complexity index is 1560. The molecule has 1 aliphatic rings. The maximum atomic E-state index is 13.1. The van der Waals surface area contributed by atoms with Crippen molar-refractivity contribution in [1.82, 2.24) is 4.31 Å². The van der Waals surface area contributed by atoms with Gasteiger partial charge in [0.2, 0.25) is 10.0 Å². The molecule has 0 unspecified atom stereocenters. The van der Waals surface area contributed by atoms with Crippen LogP contribution in [0.2, 0.25) is 5.02 Å². The Hall–Kier alpha value is -3.20. The van der Waals surface area contributed by atoms with Gasteiger partial charge >= 0.3 is 11.6 Å². The summed E-state index contributed by atoms with van der Waals surface area (Å²) >= 11 is 5.88. The number of benzene rings is 3. The average molecular weight is 498 g/mol. The Morgan fingerprint density at radius 2 is 1.85 bits per heavy atom. The number of nitrogens with zero attached hydrogens (tertiary/aromatic N) is 1. The van der Waals surface area contributed by atoms with Crippen LogP contribution >= 0.6 is 11.6 Å². The van der Waals surface area contributed by atoms with Gasteiger partial charge in [-0.15, -0.1) is 0 Å². The van der Waals surface area contributed by atoms with E-state index in [9.17, 15) is 18.0 Å². The van der Waals surface area contributed by atoms with E-state index in [-0.39, 0.29) is 18.0 Å². The van der Waals surface area contributed by atoms with Crippen LogP contribution in [0.15, 0.2) is 80.8 Å². The molecular formula is C25H20ClNO6S. The van der Waals surface area contributed by atoms with Crippen molar-refractivity contribution in [1.29, 1.82) is 0 Å². The van der Waals surface area contributed by atoms with E-state index in [2.05, 4.69) is 0 Å². The van der Waals surface area contributed by atoms with Gasteiger partial charge in [-0.1, -0.05) is 41.9 Å². The Balaban J connectivity index is 1.42. The summed E-state index contributed by atoms with van der Waals surface area (Å²) < 4.78 is 38.3. The second kappa shape index (κ2) is 8.87. The number of sulfonamides is 1. The third kappa shape index (κ3) is 4.09. The summed E-state index contributed by atoms with van der Waals surface area (Å²) in [7, 11) is -3.89. The van der Waals surface area contributed by atoms with Gasteiger partial charge in [0.15, 0.2) is 0 Å². The van der Waals surface area contributed by atoms with Crippen molar-refractivity contribution in [3.8, 4) is 0 Å². The van der Waals surface area contributed by atoms with Crippen LogP contribution in [0.3, 0.4) is 0 Å². The molecule has 5 rings (SSSR count). The van der Waals surface area contributed by atoms with Crippen LogP contribution in [0.5, 0.6) is 0 Å². The van der Waals surface area contributed by atoms with E-state index in [1.807, 2.05) is 30.3 Å². The number of hydrogen-bond donors (Lipinski definition) is 0. The second-order valence-electron chi connectivity index (χ2n) is 8.09.